The van der Waals surface area contributed by atoms with E-state index in [4.69, 9.17) is 9.47 Å². The van der Waals surface area contributed by atoms with Crippen molar-refractivity contribution in [1.29, 1.82) is 0 Å². The summed E-state index contributed by atoms with van der Waals surface area (Å²) < 4.78 is 13.7. The molecule has 0 unspecified atom stereocenters. The summed E-state index contributed by atoms with van der Waals surface area (Å²) in [5.74, 6) is 2.30. The van der Waals surface area contributed by atoms with E-state index in [9.17, 15) is 9.59 Å². The van der Waals surface area contributed by atoms with Crippen molar-refractivity contribution in [2.24, 2.45) is 5.92 Å². The number of carbonyl (C=O) groups excluding carboxylic acids is 2. The summed E-state index contributed by atoms with van der Waals surface area (Å²) in [7, 11) is 5.48. The first kappa shape index (κ1) is 28.9. The van der Waals surface area contributed by atoms with E-state index < -0.39 is 6.04 Å². The Bertz CT molecular complexity index is 1290. The maximum Gasteiger partial charge on any atom is 0.242 e. The largest absolute Gasteiger partial charge is 0.493 e. The first-order chi connectivity index (χ1) is 19.2. The van der Waals surface area contributed by atoms with Crippen LogP contribution in [-0.4, -0.2) is 84.7 Å². The van der Waals surface area contributed by atoms with Crippen LogP contribution >= 0.6 is 0 Å². The lowest BCUT2D eigenvalue weighted by Gasteiger charge is -2.26. The van der Waals surface area contributed by atoms with E-state index in [1.807, 2.05) is 85.0 Å². The minimum absolute atomic E-state index is 0.0802. The second-order valence-corrected chi connectivity index (χ2v) is 10.4. The molecular weight excluding hydrogens is 510 g/mol. The number of imidazole rings is 1. The Kier molecular flexibility index (Phi) is 9.60. The number of anilines is 1. The predicted octanol–water partition coefficient (Wildman–Crippen LogP) is 2.17. The number of rotatable bonds is 5. The van der Waals surface area contributed by atoms with E-state index in [-0.39, 0.29) is 24.3 Å². The summed E-state index contributed by atoms with van der Waals surface area (Å²) in [4.78, 5) is 39.2. The molecule has 1 aliphatic heterocycles. The van der Waals surface area contributed by atoms with Crippen LogP contribution in [0.1, 0.15) is 19.4 Å². The highest BCUT2D eigenvalue weighted by molar-refractivity contribution is 5.88. The van der Waals surface area contributed by atoms with Gasteiger partial charge in [-0.3, -0.25) is 14.5 Å². The first-order valence-electron chi connectivity index (χ1n) is 13.5. The van der Waals surface area contributed by atoms with Crippen LogP contribution in [0.4, 0.5) is 5.82 Å². The smallest absolute Gasteiger partial charge is 0.242 e. The lowest BCUT2D eigenvalue weighted by molar-refractivity contribution is -0.130. The topological polar surface area (TPSA) is 114 Å². The van der Waals surface area contributed by atoms with Crippen molar-refractivity contribution in [1.82, 2.24) is 30.1 Å². The zero-order valence-electron chi connectivity index (χ0n) is 23.9. The van der Waals surface area contributed by atoms with E-state index >= 15 is 0 Å². The van der Waals surface area contributed by atoms with E-state index in [1.54, 1.807) is 13.3 Å². The van der Waals surface area contributed by atoms with Crippen molar-refractivity contribution in [3.8, 4) is 22.9 Å². The molecule has 0 radical (unpaired) electrons. The van der Waals surface area contributed by atoms with Crippen LogP contribution in [0.5, 0.6) is 11.5 Å². The Morgan fingerprint density at radius 3 is 2.67 bits per heavy atom. The zero-order valence-corrected chi connectivity index (χ0v) is 23.9. The fraction of sp³-hybridized carbons (Fsp3) is 0.448. The van der Waals surface area contributed by atoms with Crippen LogP contribution in [-0.2, 0) is 22.7 Å². The lowest BCUT2D eigenvalue weighted by atomic mass is 10.0. The van der Waals surface area contributed by atoms with Crippen molar-refractivity contribution in [2.75, 3.05) is 52.3 Å². The van der Waals surface area contributed by atoms with Gasteiger partial charge in [0.2, 0.25) is 11.8 Å². The fourth-order valence-electron chi connectivity index (χ4n) is 4.58. The first-order valence-corrected chi connectivity index (χ1v) is 13.5. The highest BCUT2D eigenvalue weighted by atomic mass is 16.5. The number of methoxy groups -OCH3 is 1. The minimum atomic E-state index is -0.649. The molecule has 0 saturated heterocycles. The van der Waals surface area contributed by atoms with Crippen LogP contribution in [0, 0.1) is 5.92 Å². The molecule has 0 fully saturated rings. The van der Waals surface area contributed by atoms with Crippen LogP contribution in [0.25, 0.3) is 11.4 Å². The van der Waals surface area contributed by atoms with Gasteiger partial charge in [0.05, 0.1) is 13.7 Å². The maximum absolute atomic E-state index is 13.2. The second kappa shape index (κ2) is 13.3. The molecule has 0 aliphatic carbocycles. The normalized spacial score (nSPS) is 17.3. The molecule has 4 rings (SSSR count). The van der Waals surface area contributed by atoms with Crippen LogP contribution < -0.4 is 25.0 Å². The summed E-state index contributed by atoms with van der Waals surface area (Å²) in [6.45, 7) is 6.13. The molecular formula is C29H39N7O4. The monoisotopic (exact) mass is 549 g/mol. The quantitative estimate of drug-likeness (QED) is 0.498. The number of pyridine rings is 1. The summed E-state index contributed by atoms with van der Waals surface area (Å²) >= 11 is 0. The van der Waals surface area contributed by atoms with E-state index in [0.717, 1.165) is 22.8 Å². The summed E-state index contributed by atoms with van der Waals surface area (Å²) in [5, 5.41) is 5.92. The molecule has 2 bridgehead atoms. The number of ether oxygens (including phenoxy) is 2. The van der Waals surface area contributed by atoms with Crippen molar-refractivity contribution in [3.63, 3.8) is 0 Å². The molecule has 2 aromatic heterocycles. The minimum Gasteiger partial charge on any atom is -0.493 e. The third-order valence-corrected chi connectivity index (χ3v) is 6.76. The second-order valence-electron chi connectivity index (χ2n) is 10.4. The molecule has 11 heteroatoms. The third-order valence-electron chi connectivity index (χ3n) is 6.76. The molecule has 1 aromatic carbocycles. The van der Waals surface area contributed by atoms with Gasteiger partial charge in [-0.25, -0.2) is 9.97 Å². The SMILES string of the molecule is COc1ccc2cc1OCCN(Cc1ccc(N(C)C)nc1)CC(=O)N[C@H](C(C)C)C(=O)NCCn1ccnc1-2. The summed E-state index contributed by atoms with van der Waals surface area (Å²) in [6, 6.07) is 9.00. The third kappa shape index (κ3) is 7.29. The molecule has 2 amide bonds. The molecule has 1 aliphatic rings. The van der Waals surface area contributed by atoms with Crippen LogP contribution in [0.15, 0.2) is 48.9 Å². The number of nitrogens with one attached hydrogen (secondary N) is 2. The Balaban J connectivity index is 1.61. The van der Waals surface area contributed by atoms with Gasteiger partial charge in [-0.1, -0.05) is 19.9 Å². The van der Waals surface area contributed by atoms with Gasteiger partial charge in [0.25, 0.3) is 0 Å². The van der Waals surface area contributed by atoms with Crippen molar-refractivity contribution < 1.29 is 19.1 Å². The average molecular weight is 550 g/mol. The van der Waals surface area contributed by atoms with E-state index in [2.05, 4.69) is 20.6 Å². The van der Waals surface area contributed by atoms with Gasteiger partial charge in [0.15, 0.2) is 11.5 Å². The molecule has 0 spiro atoms. The predicted molar refractivity (Wildman–Crippen MR) is 153 cm³/mol. The molecule has 2 N–H and O–H groups in total. The molecule has 3 heterocycles. The molecule has 11 nitrogen and oxygen atoms in total. The average Bonchev–Trinajstić information content (AvgIpc) is 3.39. The number of nitrogens with zero attached hydrogens (tertiary/aromatic N) is 5. The van der Waals surface area contributed by atoms with Crippen molar-refractivity contribution >= 4 is 17.6 Å². The highest BCUT2D eigenvalue weighted by Gasteiger charge is 2.25. The van der Waals surface area contributed by atoms with Gasteiger partial charge < -0.3 is 29.6 Å². The van der Waals surface area contributed by atoms with Gasteiger partial charge in [-0.15, -0.1) is 0 Å². The van der Waals surface area contributed by atoms with Gasteiger partial charge in [-0.2, -0.15) is 0 Å². The van der Waals surface area contributed by atoms with Gasteiger partial charge in [0, 0.05) is 64.4 Å². The summed E-state index contributed by atoms with van der Waals surface area (Å²) in [6.07, 6.45) is 5.42. The number of hydrogen-bond donors (Lipinski definition) is 2. The number of hydrogen-bond acceptors (Lipinski definition) is 8. The standard InChI is InChI=1S/C29H39N7O4/c1-20(2)27-29(38)31-11-13-36-12-10-30-28(36)22-7-8-23(39-5)24(16-22)40-15-14-35(19-26(37)33-27)18-21-6-9-25(32-17-21)34(3)4/h6-10,12,16-17,20,27H,11,13-15,18-19H2,1-5H3,(H,31,38)(H,33,37)/t27-/m1/s1. The van der Waals surface area contributed by atoms with E-state index in [1.165, 1.54) is 0 Å². The molecule has 1 atom stereocenters. The Morgan fingerprint density at radius 2 is 1.98 bits per heavy atom. The number of aromatic nitrogens is 3. The van der Waals surface area contributed by atoms with Crippen LogP contribution in [0.2, 0.25) is 0 Å². The Hall–Kier alpha value is -4.12. The maximum atomic E-state index is 13.2. The molecule has 0 saturated carbocycles. The number of amides is 2. The Morgan fingerprint density at radius 1 is 1.15 bits per heavy atom. The van der Waals surface area contributed by atoms with Crippen molar-refractivity contribution in [2.45, 2.75) is 33.0 Å². The molecule has 3 aromatic rings. The Labute approximate surface area is 235 Å². The number of carbonyl (C=O) groups is 2. The molecule has 40 heavy (non-hydrogen) atoms. The molecule has 214 valence electrons. The highest BCUT2D eigenvalue weighted by Crippen LogP contribution is 2.32. The zero-order chi connectivity index (χ0) is 28.6. The lowest BCUT2D eigenvalue weighted by Crippen LogP contribution is -2.52. The van der Waals surface area contributed by atoms with Gasteiger partial charge >= 0.3 is 0 Å². The number of fused-ring (bicyclic) bond motifs is 4. The fourth-order valence-corrected chi connectivity index (χ4v) is 4.58. The van der Waals surface area contributed by atoms with Crippen molar-refractivity contribution in [3.05, 3.63) is 54.5 Å². The van der Waals surface area contributed by atoms with Gasteiger partial charge in [0.1, 0.15) is 24.3 Å². The van der Waals surface area contributed by atoms with E-state index in [0.29, 0.717) is 44.3 Å². The summed E-state index contributed by atoms with van der Waals surface area (Å²) in [5.41, 5.74) is 1.84. The van der Waals surface area contributed by atoms with Crippen LogP contribution in [0.3, 0.4) is 0 Å². The number of benzene rings is 1. The van der Waals surface area contributed by atoms with Gasteiger partial charge in [-0.05, 0) is 35.7 Å².